The van der Waals surface area contributed by atoms with E-state index >= 15 is 0 Å². The minimum Gasteiger partial charge on any atom is -0.383 e. The SMILES string of the molecule is COCCN(Cc1cccs1)S(=O)(=O)c1ccc(C(C)=O)cc1. The van der Waals surface area contributed by atoms with E-state index in [0.717, 1.165) is 4.88 Å². The van der Waals surface area contributed by atoms with Crippen molar-refractivity contribution in [3.05, 3.63) is 52.2 Å². The van der Waals surface area contributed by atoms with Crippen molar-refractivity contribution in [2.24, 2.45) is 0 Å². The van der Waals surface area contributed by atoms with Crippen LogP contribution in [0.25, 0.3) is 0 Å². The van der Waals surface area contributed by atoms with Crippen LogP contribution in [0.15, 0.2) is 46.7 Å². The van der Waals surface area contributed by atoms with Crippen LogP contribution in [0.1, 0.15) is 22.2 Å². The van der Waals surface area contributed by atoms with Gasteiger partial charge in [-0.2, -0.15) is 4.31 Å². The van der Waals surface area contributed by atoms with Gasteiger partial charge in [0.1, 0.15) is 0 Å². The van der Waals surface area contributed by atoms with Crippen molar-refractivity contribution < 1.29 is 17.9 Å². The fourth-order valence-corrected chi connectivity index (χ4v) is 4.27. The molecular weight excluding hydrogens is 334 g/mol. The van der Waals surface area contributed by atoms with Crippen LogP contribution in [-0.2, 0) is 21.3 Å². The van der Waals surface area contributed by atoms with Crippen LogP contribution in [0.5, 0.6) is 0 Å². The second kappa shape index (κ2) is 7.83. The van der Waals surface area contributed by atoms with Gasteiger partial charge in [-0.3, -0.25) is 4.79 Å². The number of hydrogen-bond acceptors (Lipinski definition) is 5. The molecule has 0 saturated carbocycles. The lowest BCUT2D eigenvalue weighted by Gasteiger charge is -2.21. The summed E-state index contributed by atoms with van der Waals surface area (Å²) in [5.74, 6) is -0.0937. The zero-order valence-corrected chi connectivity index (χ0v) is 14.7. The molecule has 2 rings (SSSR count). The highest BCUT2D eigenvalue weighted by atomic mass is 32.2. The van der Waals surface area contributed by atoms with E-state index in [-0.39, 0.29) is 17.2 Å². The largest absolute Gasteiger partial charge is 0.383 e. The number of nitrogens with zero attached hydrogens (tertiary/aromatic N) is 1. The maximum atomic E-state index is 12.8. The molecule has 0 atom stereocenters. The summed E-state index contributed by atoms with van der Waals surface area (Å²) in [6.45, 7) is 2.34. The second-order valence-corrected chi connectivity index (χ2v) is 7.96. The highest BCUT2D eigenvalue weighted by Gasteiger charge is 2.24. The minimum absolute atomic E-state index is 0.0937. The van der Waals surface area contributed by atoms with E-state index in [1.165, 1.54) is 53.9 Å². The van der Waals surface area contributed by atoms with Crippen LogP contribution < -0.4 is 0 Å². The average Bonchev–Trinajstić information content (AvgIpc) is 3.04. The summed E-state index contributed by atoms with van der Waals surface area (Å²) in [7, 11) is -2.10. The molecule has 0 spiro atoms. The first-order chi connectivity index (χ1) is 10.9. The van der Waals surface area contributed by atoms with Gasteiger partial charge in [0.25, 0.3) is 0 Å². The number of carbonyl (C=O) groups excluding carboxylic acids is 1. The molecule has 0 aliphatic rings. The number of rotatable bonds is 8. The van der Waals surface area contributed by atoms with E-state index in [0.29, 0.717) is 18.7 Å². The molecule has 7 heteroatoms. The lowest BCUT2D eigenvalue weighted by Crippen LogP contribution is -2.33. The number of benzene rings is 1. The van der Waals surface area contributed by atoms with Crippen molar-refractivity contribution in [2.45, 2.75) is 18.4 Å². The van der Waals surface area contributed by atoms with Crippen LogP contribution in [0.4, 0.5) is 0 Å². The van der Waals surface area contributed by atoms with E-state index in [1.807, 2.05) is 17.5 Å². The molecule has 0 fully saturated rings. The molecule has 0 saturated heterocycles. The third kappa shape index (κ3) is 4.48. The van der Waals surface area contributed by atoms with Gasteiger partial charge < -0.3 is 4.74 Å². The molecule has 0 N–H and O–H groups in total. The van der Waals surface area contributed by atoms with E-state index in [1.54, 1.807) is 0 Å². The maximum Gasteiger partial charge on any atom is 0.243 e. The lowest BCUT2D eigenvalue weighted by atomic mass is 10.2. The number of methoxy groups -OCH3 is 1. The molecule has 0 bridgehead atoms. The summed E-state index contributed by atoms with van der Waals surface area (Å²) in [5, 5.41) is 1.91. The first kappa shape index (κ1) is 17.8. The van der Waals surface area contributed by atoms with Gasteiger partial charge in [0.15, 0.2) is 5.78 Å². The van der Waals surface area contributed by atoms with Crippen LogP contribution in [0.3, 0.4) is 0 Å². The summed E-state index contributed by atoms with van der Waals surface area (Å²) in [6.07, 6.45) is 0. The normalized spacial score (nSPS) is 11.8. The molecule has 0 aliphatic heterocycles. The highest BCUT2D eigenvalue weighted by Crippen LogP contribution is 2.21. The van der Waals surface area contributed by atoms with Gasteiger partial charge >= 0.3 is 0 Å². The Morgan fingerprint density at radius 3 is 2.43 bits per heavy atom. The van der Waals surface area contributed by atoms with Gasteiger partial charge in [-0.25, -0.2) is 8.42 Å². The second-order valence-electron chi connectivity index (χ2n) is 4.99. The van der Waals surface area contributed by atoms with E-state index in [4.69, 9.17) is 4.74 Å². The molecule has 1 heterocycles. The maximum absolute atomic E-state index is 12.8. The molecular formula is C16H19NO4S2. The average molecular weight is 353 g/mol. The molecule has 2 aromatic rings. The predicted molar refractivity (Wildman–Crippen MR) is 90.2 cm³/mol. The van der Waals surface area contributed by atoms with Crippen molar-refractivity contribution >= 4 is 27.1 Å². The molecule has 23 heavy (non-hydrogen) atoms. The van der Waals surface area contributed by atoms with Crippen molar-refractivity contribution in [3.63, 3.8) is 0 Å². The topological polar surface area (TPSA) is 63.7 Å². The summed E-state index contributed by atoms with van der Waals surface area (Å²) in [6, 6.07) is 9.81. The van der Waals surface area contributed by atoms with Gasteiger partial charge in [0, 0.05) is 30.6 Å². The Bertz CT molecular complexity index is 737. The molecule has 0 radical (unpaired) electrons. The van der Waals surface area contributed by atoms with Crippen LogP contribution >= 0.6 is 11.3 Å². The van der Waals surface area contributed by atoms with E-state index in [2.05, 4.69) is 0 Å². The molecule has 0 amide bonds. The molecule has 0 aliphatic carbocycles. The third-order valence-electron chi connectivity index (χ3n) is 3.36. The summed E-state index contributed by atoms with van der Waals surface area (Å²) >= 11 is 1.51. The molecule has 1 aromatic carbocycles. The number of hydrogen-bond donors (Lipinski definition) is 0. The van der Waals surface area contributed by atoms with Crippen LogP contribution in [0.2, 0.25) is 0 Å². The monoisotopic (exact) mass is 353 g/mol. The fraction of sp³-hybridized carbons (Fsp3) is 0.312. The fourth-order valence-electron chi connectivity index (χ4n) is 2.06. The van der Waals surface area contributed by atoms with Gasteiger partial charge in [0.05, 0.1) is 11.5 Å². The van der Waals surface area contributed by atoms with Gasteiger partial charge in [-0.1, -0.05) is 18.2 Å². The van der Waals surface area contributed by atoms with Crippen molar-refractivity contribution in [1.29, 1.82) is 0 Å². The Morgan fingerprint density at radius 1 is 1.22 bits per heavy atom. The quantitative estimate of drug-likeness (QED) is 0.685. The minimum atomic E-state index is -3.64. The third-order valence-corrected chi connectivity index (χ3v) is 6.08. The molecule has 1 aromatic heterocycles. The zero-order valence-electron chi connectivity index (χ0n) is 13.1. The van der Waals surface area contributed by atoms with Crippen LogP contribution in [-0.4, -0.2) is 38.8 Å². The Morgan fingerprint density at radius 2 is 1.91 bits per heavy atom. The number of Topliss-reactive ketones (excluding diaryl/α,β-unsaturated/α-hetero) is 1. The number of carbonyl (C=O) groups is 1. The smallest absolute Gasteiger partial charge is 0.243 e. The first-order valence-corrected chi connectivity index (χ1v) is 9.39. The van der Waals surface area contributed by atoms with E-state index < -0.39 is 10.0 Å². The van der Waals surface area contributed by atoms with Crippen molar-refractivity contribution in [2.75, 3.05) is 20.3 Å². The number of sulfonamides is 1. The molecule has 0 unspecified atom stereocenters. The number of ketones is 1. The number of thiophene rings is 1. The van der Waals surface area contributed by atoms with E-state index in [9.17, 15) is 13.2 Å². The first-order valence-electron chi connectivity index (χ1n) is 7.07. The number of ether oxygens (including phenoxy) is 1. The Hall–Kier alpha value is -1.54. The van der Waals surface area contributed by atoms with Crippen molar-refractivity contribution in [3.8, 4) is 0 Å². The highest BCUT2D eigenvalue weighted by molar-refractivity contribution is 7.89. The van der Waals surface area contributed by atoms with Crippen LogP contribution in [0, 0.1) is 0 Å². The van der Waals surface area contributed by atoms with Crippen molar-refractivity contribution in [1.82, 2.24) is 4.31 Å². The molecule has 5 nitrogen and oxygen atoms in total. The summed E-state index contributed by atoms with van der Waals surface area (Å²) in [5.41, 5.74) is 0.491. The Balaban J connectivity index is 2.28. The predicted octanol–water partition coefficient (Wildman–Crippen LogP) is 2.79. The Kier molecular flexibility index (Phi) is 6.06. The molecule has 124 valence electrons. The lowest BCUT2D eigenvalue weighted by molar-refractivity contribution is 0.101. The Labute approximate surface area is 140 Å². The van der Waals surface area contributed by atoms with Gasteiger partial charge in [0.2, 0.25) is 10.0 Å². The van der Waals surface area contributed by atoms with Gasteiger partial charge in [-0.05, 0) is 30.5 Å². The standard InChI is InChI=1S/C16H19NO4S2/c1-13(18)14-5-7-16(8-6-14)23(19,20)17(9-10-21-2)12-15-4-3-11-22-15/h3-8,11H,9-10,12H2,1-2H3. The van der Waals surface area contributed by atoms with Gasteiger partial charge in [-0.15, -0.1) is 11.3 Å². The summed E-state index contributed by atoms with van der Waals surface area (Å²) in [4.78, 5) is 12.5. The zero-order chi connectivity index (χ0) is 16.9. The summed E-state index contributed by atoms with van der Waals surface area (Å²) < 4.78 is 32.1.